The lowest BCUT2D eigenvalue weighted by molar-refractivity contribution is -0.115. The molecule has 19 heavy (non-hydrogen) atoms. The third kappa shape index (κ3) is 3.86. The third-order valence-corrected chi connectivity index (χ3v) is 3.41. The summed E-state index contributed by atoms with van der Waals surface area (Å²) in [7, 11) is 0. The standard InChI is InChI=1S/C14H12BrFN2O/c1-9-6-12(8-17-14(9)15)18-13(19)7-10-2-4-11(16)5-3-10/h2-6,8H,7H2,1H3,(H,18,19). The third-order valence-electron chi connectivity index (χ3n) is 2.58. The largest absolute Gasteiger partial charge is 0.324 e. The number of benzene rings is 1. The number of amides is 1. The van der Waals surface area contributed by atoms with E-state index < -0.39 is 0 Å². The van der Waals surface area contributed by atoms with Crippen LogP contribution in [-0.2, 0) is 11.2 Å². The zero-order valence-corrected chi connectivity index (χ0v) is 11.9. The van der Waals surface area contributed by atoms with Gasteiger partial charge in [0, 0.05) is 0 Å². The van der Waals surface area contributed by atoms with Crippen LogP contribution in [0.25, 0.3) is 0 Å². The van der Waals surface area contributed by atoms with Crippen molar-refractivity contribution in [2.24, 2.45) is 0 Å². The summed E-state index contributed by atoms with van der Waals surface area (Å²) in [5, 5.41) is 2.76. The lowest BCUT2D eigenvalue weighted by Gasteiger charge is -2.06. The molecule has 1 heterocycles. The van der Waals surface area contributed by atoms with Gasteiger partial charge in [-0.1, -0.05) is 12.1 Å². The van der Waals surface area contributed by atoms with Crippen molar-refractivity contribution in [2.45, 2.75) is 13.3 Å². The van der Waals surface area contributed by atoms with Gasteiger partial charge in [-0.05, 0) is 52.2 Å². The van der Waals surface area contributed by atoms with E-state index in [0.717, 1.165) is 15.7 Å². The Bertz CT molecular complexity index is 599. The van der Waals surface area contributed by atoms with Crippen LogP contribution in [0, 0.1) is 12.7 Å². The van der Waals surface area contributed by atoms with Gasteiger partial charge in [0.15, 0.2) is 0 Å². The molecule has 0 aliphatic heterocycles. The number of pyridine rings is 1. The van der Waals surface area contributed by atoms with Crippen LogP contribution in [0.15, 0.2) is 41.1 Å². The Morgan fingerprint density at radius 3 is 2.68 bits per heavy atom. The Labute approximate surface area is 119 Å². The fourth-order valence-electron chi connectivity index (χ4n) is 1.62. The minimum atomic E-state index is -0.308. The molecule has 0 spiro atoms. The molecule has 3 nitrogen and oxygen atoms in total. The highest BCUT2D eigenvalue weighted by Gasteiger charge is 2.06. The number of aromatic nitrogens is 1. The summed E-state index contributed by atoms with van der Waals surface area (Å²) in [6, 6.07) is 7.71. The molecule has 0 fully saturated rings. The fraction of sp³-hybridized carbons (Fsp3) is 0.143. The van der Waals surface area contributed by atoms with Gasteiger partial charge in [0.2, 0.25) is 5.91 Å². The Kier molecular flexibility index (Phi) is 4.27. The summed E-state index contributed by atoms with van der Waals surface area (Å²) in [4.78, 5) is 15.9. The molecule has 0 aliphatic carbocycles. The normalized spacial score (nSPS) is 10.3. The van der Waals surface area contributed by atoms with Gasteiger partial charge in [0.25, 0.3) is 0 Å². The quantitative estimate of drug-likeness (QED) is 0.879. The molecule has 1 aromatic carbocycles. The van der Waals surface area contributed by atoms with Crippen LogP contribution >= 0.6 is 15.9 Å². The molecule has 0 atom stereocenters. The maximum atomic E-state index is 12.7. The van der Waals surface area contributed by atoms with Gasteiger partial charge in [-0.2, -0.15) is 0 Å². The molecule has 0 saturated carbocycles. The van der Waals surface area contributed by atoms with Crippen molar-refractivity contribution in [3.63, 3.8) is 0 Å². The summed E-state index contributed by atoms with van der Waals surface area (Å²) in [5.74, 6) is -0.466. The summed E-state index contributed by atoms with van der Waals surface area (Å²) in [6.45, 7) is 1.90. The molecule has 5 heteroatoms. The van der Waals surface area contributed by atoms with E-state index in [1.165, 1.54) is 12.1 Å². The van der Waals surface area contributed by atoms with Gasteiger partial charge >= 0.3 is 0 Å². The first-order chi connectivity index (χ1) is 9.04. The second kappa shape index (κ2) is 5.93. The smallest absolute Gasteiger partial charge is 0.228 e. The van der Waals surface area contributed by atoms with Crippen LogP contribution in [-0.4, -0.2) is 10.9 Å². The van der Waals surface area contributed by atoms with E-state index >= 15 is 0 Å². The number of hydrogen-bond donors (Lipinski definition) is 1. The van der Waals surface area contributed by atoms with E-state index in [2.05, 4.69) is 26.2 Å². The number of aryl methyl sites for hydroxylation is 1. The van der Waals surface area contributed by atoms with Gasteiger partial charge < -0.3 is 5.32 Å². The lowest BCUT2D eigenvalue weighted by Crippen LogP contribution is -2.14. The molecule has 0 aliphatic rings. The van der Waals surface area contributed by atoms with Gasteiger partial charge in [0.05, 0.1) is 18.3 Å². The Morgan fingerprint density at radius 2 is 2.05 bits per heavy atom. The number of anilines is 1. The van der Waals surface area contributed by atoms with Crippen LogP contribution < -0.4 is 5.32 Å². The van der Waals surface area contributed by atoms with Crippen molar-refractivity contribution in [1.82, 2.24) is 4.98 Å². The number of carbonyl (C=O) groups is 1. The van der Waals surface area contributed by atoms with Gasteiger partial charge in [-0.15, -0.1) is 0 Å². The van der Waals surface area contributed by atoms with E-state index in [-0.39, 0.29) is 18.1 Å². The van der Waals surface area contributed by atoms with Crippen LogP contribution in [0.3, 0.4) is 0 Å². The topological polar surface area (TPSA) is 42.0 Å². The molecule has 2 aromatic rings. The monoisotopic (exact) mass is 322 g/mol. The van der Waals surface area contributed by atoms with E-state index in [1.54, 1.807) is 18.3 Å². The molecule has 0 bridgehead atoms. The van der Waals surface area contributed by atoms with Gasteiger partial charge in [0.1, 0.15) is 10.4 Å². The molecule has 1 N–H and O–H groups in total. The Hall–Kier alpha value is -1.75. The predicted molar refractivity (Wildman–Crippen MR) is 75.4 cm³/mol. The van der Waals surface area contributed by atoms with E-state index in [9.17, 15) is 9.18 Å². The molecular weight excluding hydrogens is 311 g/mol. The molecular formula is C14H12BrFN2O. The summed E-state index contributed by atoms with van der Waals surface area (Å²) >= 11 is 3.30. The van der Waals surface area contributed by atoms with Crippen molar-refractivity contribution >= 4 is 27.5 Å². The first-order valence-corrected chi connectivity index (χ1v) is 6.50. The first kappa shape index (κ1) is 13.7. The molecule has 0 radical (unpaired) electrons. The minimum Gasteiger partial charge on any atom is -0.324 e. The van der Waals surface area contributed by atoms with E-state index in [0.29, 0.717) is 5.69 Å². The van der Waals surface area contributed by atoms with E-state index in [1.807, 2.05) is 13.0 Å². The average molecular weight is 323 g/mol. The molecule has 1 aromatic heterocycles. The molecule has 1 amide bonds. The highest BCUT2D eigenvalue weighted by Crippen LogP contribution is 2.17. The molecule has 98 valence electrons. The number of halogens is 2. The zero-order valence-electron chi connectivity index (χ0n) is 10.3. The number of nitrogens with one attached hydrogen (secondary N) is 1. The SMILES string of the molecule is Cc1cc(NC(=O)Cc2ccc(F)cc2)cnc1Br. The van der Waals surface area contributed by atoms with Crippen molar-refractivity contribution < 1.29 is 9.18 Å². The zero-order chi connectivity index (χ0) is 13.8. The fourth-order valence-corrected chi connectivity index (χ4v) is 1.84. The molecule has 0 unspecified atom stereocenters. The second-order valence-electron chi connectivity index (χ2n) is 4.18. The summed E-state index contributed by atoms with van der Waals surface area (Å²) in [5.41, 5.74) is 2.35. The maximum absolute atomic E-state index is 12.7. The predicted octanol–water partition coefficient (Wildman–Crippen LogP) is 3.47. The molecule has 0 saturated heterocycles. The van der Waals surface area contributed by atoms with Crippen molar-refractivity contribution in [2.75, 3.05) is 5.32 Å². The van der Waals surface area contributed by atoms with Crippen molar-refractivity contribution in [3.05, 3.63) is 58.1 Å². The lowest BCUT2D eigenvalue weighted by atomic mass is 10.1. The first-order valence-electron chi connectivity index (χ1n) is 5.71. The number of nitrogens with zero attached hydrogens (tertiary/aromatic N) is 1. The van der Waals surface area contributed by atoms with Gasteiger partial charge in [-0.3, -0.25) is 4.79 Å². The number of hydrogen-bond acceptors (Lipinski definition) is 2. The minimum absolute atomic E-state index is 0.157. The second-order valence-corrected chi connectivity index (χ2v) is 4.93. The maximum Gasteiger partial charge on any atom is 0.228 e. The van der Waals surface area contributed by atoms with Crippen LogP contribution in [0.1, 0.15) is 11.1 Å². The van der Waals surface area contributed by atoms with Gasteiger partial charge in [-0.25, -0.2) is 9.37 Å². The average Bonchev–Trinajstić information content (AvgIpc) is 2.37. The Morgan fingerprint density at radius 1 is 1.37 bits per heavy atom. The Balaban J connectivity index is 2.01. The van der Waals surface area contributed by atoms with E-state index in [4.69, 9.17) is 0 Å². The van der Waals surface area contributed by atoms with Crippen molar-refractivity contribution in [1.29, 1.82) is 0 Å². The molecule has 2 rings (SSSR count). The number of rotatable bonds is 3. The van der Waals surface area contributed by atoms with Crippen LogP contribution in [0.2, 0.25) is 0 Å². The summed E-state index contributed by atoms with van der Waals surface area (Å²) < 4.78 is 13.5. The van der Waals surface area contributed by atoms with Crippen LogP contribution in [0.4, 0.5) is 10.1 Å². The highest BCUT2D eigenvalue weighted by molar-refractivity contribution is 9.10. The highest BCUT2D eigenvalue weighted by atomic mass is 79.9. The number of carbonyl (C=O) groups excluding carboxylic acids is 1. The van der Waals surface area contributed by atoms with Crippen molar-refractivity contribution in [3.8, 4) is 0 Å². The van der Waals surface area contributed by atoms with Crippen LogP contribution in [0.5, 0.6) is 0 Å². The summed E-state index contributed by atoms with van der Waals surface area (Å²) in [6.07, 6.45) is 1.79.